The highest BCUT2D eigenvalue weighted by atomic mass is 35.5. The summed E-state index contributed by atoms with van der Waals surface area (Å²) in [6, 6.07) is 6.15. The minimum atomic E-state index is -0.331. The third-order valence-electron chi connectivity index (χ3n) is 3.03. The summed E-state index contributed by atoms with van der Waals surface area (Å²) < 4.78 is 5.55. The van der Waals surface area contributed by atoms with Gasteiger partial charge in [-0.1, -0.05) is 18.7 Å². The standard InChI is InChI=1S/C14H18ClNO/c1-3-8-17-12-4-5-13-11(9-12)6-7-16-10-14(13,2)15/h3-5,9,16H,1,6-8,10H2,2H3/t14-/m0/s1. The van der Waals surface area contributed by atoms with Crippen molar-refractivity contribution in [3.63, 3.8) is 0 Å². The summed E-state index contributed by atoms with van der Waals surface area (Å²) in [5.74, 6) is 0.887. The fourth-order valence-corrected chi connectivity index (χ4v) is 2.45. The van der Waals surface area contributed by atoms with Gasteiger partial charge in [-0.25, -0.2) is 0 Å². The molecule has 0 bridgehead atoms. The van der Waals surface area contributed by atoms with Crippen LogP contribution in [0.15, 0.2) is 30.9 Å². The highest BCUT2D eigenvalue weighted by molar-refractivity contribution is 6.24. The zero-order chi connectivity index (χ0) is 12.3. The number of fused-ring (bicyclic) bond motifs is 1. The van der Waals surface area contributed by atoms with Crippen LogP contribution in [-0.2, 0) is 11.3 Å². The Hall–Kier alpha value is -0.990. The number of benzene rings is 1. The number of hydrogen-bond acceptors (Lipinski definition) is 2. The van der Waals surface area contributed by atoms with Crippen LogP contribution in [0, 0.1) is 0 Å². The molecule has 1 N–H and O–H groups in total. The molecule has 1 atom stereocenters. The molecule has 1 aromatic carbocycles. The minimum absolute atomic E-state index is 0.331. The van der Waals surface area contributed by atoms with E-state index in [2.05, 4.69) is 31.0 Å². The summed E-state index contributed by atoms with van der Waals surface area (Å²) in [5.41, 5.74) is 2.48. The van der Waals surface area contributed by atoms with Crippen LogP contribution in [0.1, 0.15) is 18.1 Å². The Morgan fingerprint density at radius 2 is 2.41 bits per heavy atom. The first kappa shape index (κ1) is 12.5. The summed E-state index contributed by atoms with van der Waals surface area (Å²) >= 11 is 6.54. The number of ether oxygens (including phenoxy) is 1. The molecule has 0 unspecified atom stereocenters. The Morgan fingerprint density at radius 1 is 1.59 bits per heavy atom. The third kappa shape index (κ3) is 2.82. The van der Waals surface area contributed by atoms with Gasteiger partial charge >= 0.3 is 0 Å². The number of alkyl halides is 1. The molecule has 17 heavy (non-hydrogen) atoms. The average Bonchev–Trinajstić information content (AvgIpc) is 2.45. The number of halogens is 1. The van der Waals surface area contributed by atoms with Gasteiger partial charge in [-0.15, -0.1) is 11.6 Å². The van der Waals surface area contributed by atoms with E-state index < -0.39 is 0 Å². The van der Waals surface area contributed by atoms with Gasteiger partial charge in [0.1, 0.15) is 12.4 Å². The van der Waals surface area contributed by atoms with Crippen LogP contribution in [0.5, 0.6) is 5.75 Å². The van der Waals surface area contributed by atoms with Gasteiger partial charge < -0.3 is 10.1 Å². The number of nitrogens with one attached hydrogen (secondary N) is 1. The molecule has 2 rings (SSSR count). The normalized spacial score (nSPS) is 23.6. The van der Waals surface area contributed by atoms with Crippen LogP contribution >= 0.6 is 11.6 Å². The molecule has 1 aliphatic heterocycles. The van der Waals surface area contributed by atoms with Gasteiger partial charge in [0, 0.05) is 6.54 Å². The van der Waals surface area contributed by atoms with Crippen molar-refractivity contribution in [1.29, 1.82) is 0 Å². The van der Waals surface area contributed by atoms with Crippen molar-refractivity contribution in [2.45, 2.75) is 18.2 Å². The van der Waals surface area contributed by atoms with Crippen molar-refractivity contribution >= 4 is 11.6 Å². The molecule has 1 aromatic rings. The lowest BCUT2D eigenvalue weighted by molar-refractivity contribution is 0.362. The molecule has 1 aliphatic rings. The molecule has 0 spiro atoms. The second kappa shape index (κ2) is 5.11. The predicted octanol–water partition coefficient (Wildman–Crippen LogP) is 2.85. The highest BCUT2D eigenvalue weighted by Gasteiger charge is 2.28. The lowest BCUT2D eigenvalue weighted by Crippen LogP contribution is -2.29. The first-order valence-electron chi connectivity index (χ1n) is 5.90. The Balaban J connectivity index is 2.31. The monoisotopic (exact) mass is 251 g/mol. The van der Waals surface area contributed by atoms with Crippen LogP contribution in [0.25, 0.3) is 0 Å². The lowest BCUT2D eigenvalue weighted by Gasteiger charge is -2.23. The van der Waals surface area contributed by atoms with Crippen molar-refractivity contribution in [3.05, 3.63) is 42.0 Å². The Morgan fingerprint density at radius 3 is 3.18 bits per heavy atom. The van der Waals surface area contributed by atoms with Gasteiger partial charge in [-0.3, -0.25) is 0 Å². The van der Waals surface area contributed by atoms with Gasteiger partial charge in [0.15, 0.2) is 0 Å². The van der Waals surface area contributed by atoms with Crippen molar-refractivity contribution in [2.24, 2.45) is 0 Å². The van der Waals surface area contributed by atoms with Gasteiger partial charge in [-0.2, -0.15) is 0 Å². The SMILES string of the molecule is C=CCOc1ccc2c(c1)CCNC[C@]2(C)Cl. The van der Waals surface area contributed by atoms with Gasteiger partial charge in [-0.05, 0) is 43.1 Å². The van der Waals surface area contributed by atoms with E-state index in [-0.39, 0.29) is 4.87 Å². The van der Waals surface area contributed by atoms with E-state index in [0.29, 0.717) is 6.61 Å². The quantitative estimate of drug-likeness (QED) is 0.659. The summed E-state index contributed by atoms with van der Waals surface area (Å²) in [6.07, 6.45) is 2.74. The minimum Gasteiger partial charge on any atom is -0.490 e. The molecule has 0 aliphatic carbocycles. The molecule has 0 saturated heterocycles. The molecule has 0 aromatic heterocycles. The van der Waals surface area contributed by atoms with Crippen molar-refractivity contribution in [2.75, 3.05) is 19.7 Å². The Kier molecular flexibility index (Phi) is 3.75. The van der Waals surface area contributed by atoms with Crippen LogP contribution < -0.4 is 10.1 Å². The van der Waals surface area contributed by atoms with E-state index in [9.17, 15) is 0 Å². The maximum Gasteiger partial charge on any atom is 0.120 e. The van der Waals surface area contributed by atoms with E-state index in [4.69, 9.17) is 16.3 Å². The highest BCUT2D eigenvalue weighted by Crippen LogP contribution is 2.34. The molecule has 0 radical (unpaired) electrons. The van der Waals surface area contributed by atoms with Gasteiger partial charge in [0.2, 0.25) is 0 Å². The zero-order valence-corrected chi connectivity index (χ0v) is 10.9. The van der Waals surface area contributed by atoms with Gasteiger partial charge in [0.25, 0.3) is 0 Å². The van der Waals surface area contributed by atoms with Crippen molar-refractivity contribution in [1.82, 2.24) is 5.32 Å². The lowest BCUT2D eigenvalue weighted by atomic mass is 9.94. The van der Waals surface area contributed by atoms with E-state index in [1.54, 1.807) is 6.08 Å². The number of rotatable bonds is 3. The van der Waals surface area contributed by atoms with E-state index >= 15 is 0 Å². The molecule has 1 heterocycles. The Bertz CT molecular complexity index is 415. The largest absolute Gasteiger partial charge is 0.490 e. The first-order chi connectivity index (χ1) is 8.13. The maximum absolute atomic E-state index is 6.54. The molecular formula is C14H18ClNO. The molecule has 0 amide bonds. The first-order valence-corrected chi connectivity index (χ1v) is 6.28. The van der Waals surface area contributed by atoms with Crippen LogP contribution in [-0.4, -0.2) is 19.7 Å². The van der Waals surface area contributed by atoms with E-state index in [0.717, 1.165) is 25.3 Å². The number of hydrogen-bond donors (Lipinski definition) is 1. The van der Waals surface area contributed by atoms with E-state index in [1.807, 2.05) is 6.07 Å². The maximum atomic E-state index is 6.54. The van der Waals surface area contributed by atoms with Crippen molar-refractivity contribution in [3.8, 4) is 5.75 Å². The predicted molar refractivity (Wildman–Crippen MR) is 71.9 cm³/mol. The summed E-state index contributed by atoms with van der Waals surface area (Å²) in [7, 11) is 0. The van der Waals surface area contributed by atoms with Crippen LogP contribution in [0.3, 0.4) is 0 Å². The van der Waals surface area contributed by atoms with Crippen LogP contribution in [0.2, 0.25) is 0 Å². The third-order valence-corrected chi connectivity index (χ3v) is 3.37. The summed E-state index contributed by atoms with van der Waals surface area (Å²) in [4.78, 5) is -0.331. The fourth-order valence-electron chi connectivity index (χ4n) is 2.17. The Labute approximate surface area is 108 Å². The molecular weight excluding hydrogens is 234 g/mol. The summed E-state index contributed by atoms with van der Waals surface area (Å²) in [5, 5.41) is 3.36. The molecule has 2 nitrogen and oxygen atoms in total. The topological polar surface area (TPSA) is 21.3 Å². The molecule has 92 valence electrons. The summed E-state index contributed by atoms with van der Waals surface area (Å²) in [6.45, 7) is 7.99. The molecule has 0 fully saturated rings. The van der Waals surface area contributed by atoms with E-state index in [1.165, 1.54) is 11.1 Å². The molecule has 3 heteroatoms. The molecule has 0 saturated carbocycles. The van der Waals surface area contributed by atoms with Gasteiger partial charge in [0.05, 0.1) is 4.87 Å². The van der Waals surface area contributed by atoms with Crippen molar-refractivity contribution < 1.29 is 4.74 Å². The average molecular weight is 252 g/mol. The second-order valence-corrected chi connectivity index (χ2v) is 5.38. The second-order valence-electron chi connectivity index (χ2n) is 4.54. The van der Waals surface area contributed by atoms with Crippen LogP contribution in [0.4, 0.5) is 0 Å². The zero-order valence-electron chi connectivity index (χ0n) is 10.1. The fraction of sp³-hybridized carbons (Fsp3) is 0.429. The smallest absolute Gasteiger partial charge is 0.120 e.